The van der Waals surface area contributed by atoms with Crippen molar-refractivity contribution in [2.45, 2.75) is 31.3 Å². The van der Waals surface area contributed by atoms with Gasteiger partial charge in [-0.2, -0.15) is 0 Å². The highest BCUT2D eigenvalue weighted by Crippen LogP contribution is 2.32. The van der Waals surface area contributed by atoms with Gasteiger partial charge in [0.2, 0.25) is 0 Å². The summed E-state index contributed by atoms with van der Waals surface area (Å²) in [6.07, 6.45) is -2.60. The van der Waals surface area contributed by atoms with E-state index in [0.29, 0.717) is 11.6 Å². The monoisotopic (exact) mass is 260 g/mol. The first-order chi connectivity index (χ1) is 8.49. The first-order valence-corrected chi connectivity index (χ1v) is 5.80. The van der Waals surface area contributed by atoms with Gasteiger partial charge in [-0.3, -0.25) is 0 Å². The molecular formula is C12H15F3N2O. The van der Waals surface area contributed by atoms with Crippen LogP contribution < -0.4 is 15.8 Å². The maximum absolute atomic E-state index is 12.3. The average molecular weight is 260 g/mol. The minimum Gasteiger partial charge on any atom is -0.405 e. The number of ether oxygens (including phenoxy) is 1. The van der Waals surface area contributed by atoms with Crippen LogP contribution in [0.15, 0.2) is 24.3 Å². The van der Waals surface area contributed by atoms with Gasteiger partial charge in [0, 0.05) is 24.2 Å². The summed E-state index contributed by atoms with van der Waals surface area (Å²) in [6.45, 7) is 0.231. The van der Waals surface area contributed by atoms with Crippen molar-refractivity contribution in [3.8, 4) is 5.75 Å². The first-order valence-electron chi connectivity index (χ1n) is 5.80. The van der Waals surface area contributed by atoms with E-state index in [0.717, 1.165) is 12.8 Å². The number of hydrogen-bond donors (Lipinski definition) is 2. The van der Waals surface area contributed by atoms with Gasteiger partial charge in [-0.05, 0) is 18.9 Å². The molecule has 2 rings (SSSR count). The van der Waals surface area contributed by atoms with Crippen LogP contribution in [0.5, 0.6) is 5.75 Å². The second-order valence-corrected chi connectivity index (χ2v) is 4.31. The predicted molar refractivity (Wildman–Crippen MR) is 61.1 cm³/mol. The number of para-hydroxylation sites is 1. The Morgan fingerprint density at radius 2 is 2.00 bits per heavy atom. The number of benzene rings is 1. The summed E-state index contributed by atoms with van der Waals surface area (Å²) in [6, 6.07) is 6.15. The number of nitrogens with one attached hydrogen (secondary N) is 1. The Morgan fingerprint density at radius 3 is 2.56 bits per heavy atom. The summed E-state index contributed by atoms with van der Waals surface area (Å²) in [4.78, 5) is 0. The van der Waals surface area contributed by atoms with Crippen LogP contribution in [0.1, 0.15) is 24.4 Å². The van der Waals surface area contributed by atoms with Crippen molar-refractivity contribution in [2.24, 2.45) is 5.73 Å². The molecule has 1 aliphatic rings. The molecule has 0 amide bonds. The lowest BCUT2D eigenvalue weighted by Crippen LogP contribution is -2.31. The van der Waals surface area contributed by atoms with E-state index in [1.807, 2.05) is 0 Å². The van der Waals surface area contributed by atoms with Gasteiger partial charge >= 0.3 is 6.36 Å². The molecule has 1 fully saturated rings. The van der Waals surface area contributed by atoms with Crippen molar-refractivity contribution in [2.75, 3.05) is 6.54 Å². The Morgan fingerprint density at radius 1 is 1.33 bits per heavy atom. The van der Waals surface area contributed by atoms with Crippen molar-refractivity contribution >= 4 is 0 Å². The second-order valence-electron chi connectivity index (χ2n) is 4.31. The van der Waals surface area contributed by atoms with Crippen LogP contribution in [0.3, 0.4) is 0 Å². The van der Waals surface area contributed by atoms with Crippen LogP contribution in [0.4, 0.5) is 13.2 Å². The van der Waals surface area contributed by atoms with E-state index < -0.39 is 6.36 Å². The lowest BCUT2D eigenvalue weighted by Gasteiger charge is -2.20. The highest BCUT2D eigenvalue weighted by Gasteiger charge is 2.33. The van der Waals surface area contributed by atoms with Crippen LogP contribution in [-0.2, 0) is 0 Å². The highest BCUT2D eigenvalue weighted by molar-refractivity contribution is 5.36. The quantitative estimate of drug-likeness (QED) is 0.854. The maximum atomic E-state index is 12.3. The van der Waals surface area contributed by atoms with Crippen molar-refractivity contribution < 1.29 is 17.9 Å². The molecule has 0 heterocycles. The summed E-state index contributed by atoms with van der Waals surface area (Å²) in [5, 5.41) is 3.21. The molecule has 0 aromatic heterocycles. The molecule has 3 nitrogen and oxygen atoms in total. The van der Waals surface area contributed by atoms with Crippen molar-refractivity contribution in [3.05, 3.63) is 29.8 Å². The molecule has 3 N–H and O–H groups in total. The summed E-state index contributed by atoms with van der Waals surface area (Å²) in [5.74, 6) is -0.186. The SMILES string of the molecule is NCC(NC1CC1)c1ccccc1OC(F)(F)F. The topological polar surface area (TPSA) is 47.3 Å². The van der Waals surface area contributed by atoms with E-state index in [-0.39, 0.29) is 18.3 Å². The summed E-state index contributed by atoms with van der Waals surface area (Å²) in [5.41, 5.74) is 6.06. The third-order valence-electron chi connectivity index (χ3n) is 2.77. The summed E-state index contributed by atoms with van der Waals surface area (Å²) in [7, 11) is 0. The molecule has 1 aliphatic carbocycles. The molecule has 1 aromatic rings. The summed E-state index contributed by atoms with van der Waals surface area (Å²) >= 11 is 0. The molecule has 0 saturated heterocycles. The van der Waals surface area contributed by atoms with E-state index in [1.54, 1.807) is 12.1 Å². The summed E-state index contributed by atoms with van der Waals surface area (Å²) < 4.78 is 40.9. The molecule has 6 heteroatoms. The van der Waals surface area contributed by atoms with Gasteiger partial charge in [-0.25, -0.2) is 0 Å². The van der Waals surface area contributed by atoms with E-state index in [9.17, 15) is 13.2 Å². The zero-order valence-corrected chi connectivity index (χ0v) is 9.70. The molecule has 100 valence electrons. The van der Waals surface area contributed by atoms with E-state index in [4.69, 9.17) is 5.73 Å². The zero-order valence-electron chi connectivity index (χ0n) is 9.70. The lowest BCUT2D eigenvalue weighted by molar-refractivity contribution is -0.275. The Bertz CT molecular complexity index is 405. The molecule has 1 atom stereocenters. The zero-order chi connectivity index (χ0) is 13.2. The Hall–Kier alpha value is -1.27. The van der Waals surface area contributed by atoms with Gasteiger partial charge in [0.1, 0.15) is 5.75 Å². The molecule has 1 aromatic carbocycles. The van der Waals surface area contributed by atoms with Crippen LogP contribution in [0.25, 0.3) is 0 Å². The molecule has 1 unspecified atom stereocenters. The van der Waals surface area contributed by atoms with Crippen LogP contribution >= 0.6 is 0 Å². The Labute approximate surface area is 103 Å². The van der Waals surface area contributed by atoms with Gasteiger partial charge in [0.15, 0.2) is 0 Å². The van der Waals surface area contributed by atoms with Gasteiger partial charge in [-0.1, -0.05) is 18.2 Å². The maximum Gasteiger partial charge on any atom is 0.573 e. The van der Waals surface area contributed by atoms with Gasteiger partial charge in [0.05, 0.1) is 0 Å². The molecule has 0 bridgehead atoms. The van der Waals surface area contributed by atoms with Crippen LogP contribution in [0.2, 0.25) is 0 Å². The largest absolute Gasteiger partial charge is 0.573 e. The smallest absolute Gasteiger partial charge is 0.405 e. The molecular weight excluding hydrogens is 245 g/mol. The van der Waals surface area contributed by atoms with E-state index in [1.165, 1.54) is 12.1 Å². The van der Waals surface area contributed by atoms with Crippen LogP contribution in [0, 0.1) is 0 Å². The number of rotatable bonds is 5. The molecule has 1 saturated carbocycles. The normalized spacial score (nSPS) is 17.6. The number of nitrogens with two attached hydrogens (primary N) is 1. The fraction of sp³-hybridized carbons (Fsp3) is 0.500. The average Bonchev–Trinajstić information content (AvgIpc) is 3.09. The standard InChI is InChI=1S/C12H15F3N2O/c13-12(14,15)18-11-4-2-1-3-9(11)10(7-16)17-8-5-6-8/h1-4,8,10,17H,5-7,16H2. The minimum absolute atomic E-state index is 0.186. The minimum atomic E-state index is -4.69. The molecule has 0 spiro atoms. The van der Waals surface area contributed by atoms with E-state index in [2.05, 4.69) is 10.1 Å². The van der Waals surface area contributed by atoms with Crippen LogP contribution in [-0.4, -0.2) is 18.9 Å². The number of halogens is 3. The van der Waals surface area contributed by atoms with E-state index >= 15 is 0 Å². The predicted octanol–water partition coefficient (Wildman–Crippen LogP) is 2.34. The van der Waals surface area contributed by atoms with Crippen molar-refractivity contribution in [3.63, 3.8) is 0 Å². The third-order valence-corrected chi connectivity index (χ3v) is 2.77. The van der Waals surface area contributed by atoms with Gasteiger partial charge in [0.25, 0.3) is 0 Å². The highest BCUT2D eigenvalue weighted by atomic mass is 19.4. The molecule has 18 heavy (non-hydrogen) atoms. The lowest BCUT2D eigenvalue weighted by atomic mass is 10.1. The second kappa shape index (κ2) is 5.16. The molecule has 0 aliphatic heterocycles. The Balaban J connectivity index is 2.18. The van der Waals surface area contributed by atoms with Gasteiger partial charge < -0.3 is 15.8 Å². The number of hydrogen-bond acceptors (Lipinski definition) is 3. The van der Waals surface area contributed by atoms with Crippen molar-refractivity contribution in [1.82, 2.24) is 5.32 Å². The number of alkyl halides is 3. The van der Waals surface area contributed by atoms with Gasteiger partial charge in [-0.15, -0.1) is 13.2 Å². The fourth-order valence-corrected chi connectivity index (χ4v) is 1.81. The third kappa shape index (κ3) is 3.61. The first kappa shape index (κ1) is 13.2. The van der Waals surface area contributed by atoms with Crippen molar-refractivity contribution in [1.29, 1.82) is 0 Å². The molecule has 0 radical (unpaired) electrons. The Kier molecular flexibility index (Phi) is 3.77. The fourth-order valence-electron chi connectivity index (χ4n) is 1.81.